The van der Waals surface area contributed by atoms with Gasteiger partial charge in [-0.3, -0.25) is 9.36 Å². The first kappa shape index (κ1) is 21.0. The number of esters is 1. The average molecular weight is 433 g/mol. The number of anilines is 1. The lowest BCUT2D eigenvalue weighted by Crippen LogP contribution is -2.10. The number of thioether (sulfide) groups is 1. The molecule has 3 aromatic rings. The van der Waals surface area contributed by atoms with Gasteiger partial charge in [-0.05, 0) is 55.5 Å². The third kappa shape index (κ3) is 5.65. The van der Waals surface area contributed by atoms with Gasteiger partial charge >= 0.3 is 5.97 Å². The van der Waals surface area contributed by atoms with Crippen LogP contribution in [0, 0.1) is 0 Å². The molecule has 0 aliphatic carbocycles. The third-order valence-corrected chi connectivity index (χ3v) is 5.10. The molecule has 0 saturated carbocycles. The van der Waals surface area contributed by atoms with Crippen molar-refractivity contribution in [1.82, 2.24) is 14.8 Å². The van der Waals surface area contributed by atoms with Crippen molar-refractivity contribution in [1.29, 1.82) is 0 Å². The summed E-state index contributed by atoms with van der Waals surface area (Å²) in [5.74, 6) is 1.33. The molecular formula is C20H21ClN4O3S. The molecule has 152 valence electrons. The standard InChI is InChI=1S/C20H21ClN4O3S/c1-3-28-19(26)13-29-20-24-23-18(12-22-15-6-4-14(21)5-7-15)25(20)16-8-10-17(27-2)11-9-16/h4-11,22H,3,12-13H2,1-2H3. The van der Waals surface area contributed by atoms with Gasteiger partial charge < -0.3 is 14.8 Å². The van der Waals surface area contributed by atoms with Crippen LogP contribution in [0.15, 0.2) is 53.7 Å². The number of hydrogen-bond donors (Lipinski definition) is 1. The van der Waals surface area contributed by atoms with Crippen LogP contribution >= 0.6 is 23.4 Å². The Labute approximate surface area is 178 Å². The average Bonchev–Trinajstić information content (AvgIpc) is 3.15. The Bertz CT molecular complexity index is 945. The first-order valence-electron chi connectivity index (χ1n) is 8.97. The molecule has 3 rings (SSSR count). The second-order valence-corrected chi connectivity index (χ2v) is 7.27. The van der Waals surface area contributed by atoms with Crippen LogP contribution in [0.3, 0.4) is 0 Å². The highest BCUT2D eigenvalue weighted by Crippen LogP contribution is 2.24. The smallest absolute Gasteiger partial charge is 0.316 e. The van der Waals surface area contributed by atoms with Crippen LogP contribution in [0.1, 0.15) is 12.7 Å². The Morgan fingerprint density at radius 3 is 2.52 bits per heavy atom. The summed E-state index contributed by atoms with van der Waals surface area (Å²) in [4.78, 5) is 11.8. The predicted molar refractivity (Wildman–Crippen MR) is 114 cm³/mol. The number of hydrogen-bond acceptors (Lipinski definition) is 7. The van der Waals surface area contributed by atoms with E-state index in [1.165, 1.54) is 11.8 Å². The van der Waals surface area contributed by atoms with E-state index in [0.717, 1.165) is 17.1 Å². The summed E-state index contributed by atoms with van der Waals surface area (Å²) in [5.41, 5.74) is 1.79. The molecule has 0 fully saturated rings. The molecule has 0 atom stereocenters. The van der Waals surface area contributed by atoms with Crippen LogP contribution in [0.25, 0.3) is 5.69 Å². The number of carbonyl (C=O) groups is 1. The summed E-state index contributed by atoms with van der Waals surface area (Å²) in [7, 11) is 1.62. The van der Waals surface area contributed by atoms with Gasteiger partial charge in [0.1, 0.15) is 5.75 Å². The SMILES string of the molecule is CCOC(=O)CSc1nnc(CNc2ccc(Cl)cc2)n1-c1ccc(OC)cc1. The van der Waals surface area contributed by atoms with Gasteiger partial charge in [-0.1, -0.05) is 23.4 Å². The number of methoxy groups -OCH3 is 1. The zero-order chi connectivity index (χ0) is 20.6. The van der Waals surface area contributed by atoms with E-state index in [4.69, 9.17) is 21.1 Å². The van der Waals surface area contributed by atoms with Gasteiger partial charge in [0, 0.05) is 16.4 Å². The van der Waals surface area contributed by atoms with Crippen molar-refractivity contribution in [2.45, 2.75) is 18.6 Å². The highest BCUT2D eigenvalue weighted by atomic mass is 35.5. The van der Waals surface area contributed by atoms with Gasteiger partial charge in [0.15, 0.2) is 11.0 Å². The minimum Gasteiger partial charge on any atom is -0.497 e. The zero-order valence-corrected chi connectivity index (χ0v) is 17.7. The quantitative estimate of drug-likeness (QED) is 0.401. The lowest BCUT2D eigenvalue weighted by molar-refractivity contribution is -0.139. The fraction of sp³-hybridized carbons (Fsp3) is 0.250. The summed E-state index contributed by atoms with van der Waals surface area (Å²) in [5, 5.41) is 13.2. The maximum Gasteiger partial charge on any atom is 0.316 e. The van der Waals surface area contributed by atoms with E-state index in [2.05, 4.69) is 15.5 Å². The minimum atomic E-state index is -0.289. The van der Waals surface area contributed by atoms with Gasteiger partial charge in [0.2, 0.25) is 0 Å². The molecule has 29 heavy (non-hydrogen) atoms. The van der Waals surface area contributed by atoms with E-state index in [1.54, 1.807) is 14.0 Å². The number of rotatable bonds is 9. The number of benzene rings is 2. The van der Waals surface area contributed by atoms with E-state index in [-0.39, 0.29) is 11.7 Å². The molecule has 9 heteroatoms. The Morgan fingerprint density at radius 2 is 1.86 bits per heavy atom. The molecule has 0 aliphatic rings. The maximum absolute atomic E-state index is 11.8. The lowest BCUT2D eigenvalue weighted by atomic mass is 10.3. The van der Waals surface area contributed by atoms with E-state index >= 15 is 0 Å². The van der Waals surface area contributed by atoms with Crippen molar-refractivity contribution in [3.63, 3.8) is 0 Å². The van der Waals surface area contributed by atoms with Crippen LogP contribution in [0.4, 0.5) is 5.69 Å². The van der Waals surface area contributed by atoms with Crippen molar-refractivity contribution >= 4 is 35.0 Å². The van der Waals surface area contributed by atoms with Crippen molar-refractivity contribution in [2.24, 2.45) is 0 Å². The molecule has 0 unspecified atom stereocenters. The van der Waals surface area contributed by atoms with E-state index in [0.29, 0.717) is 29.2 Å². The topological polar surface area (TPSA) is 78.3 Å². The number of nitrogens with one attached hydrogen (secondary N) is 1. The minimum absolute atomic E-state index is 0.159. The molecular weight excluding hydrogens is 412 g/mol. The van der Waals surface area contributed by atoms with E-state index in [1.807, 2.05) is 53.1 Å². The molecule has 0 saturated heterocycles. The van der Waals surface area contributed by atoms with E-state index in [9.17, 15) is 4.79 Å². The van der Waals surface area contributed by atoms with Crippen molar-refractivity contribution in [3.05, 3.63) is 59.4 Å². The number of ether oxygens (including phenoxy) is 2. The lowest BCUT2D eigenvalue weighted by Gasteiger charge is -2.12. The monoisotopic (exact) mass is 432 g/mol. The third-order valence-electron chi connectivity index (χ3n) is 3.95. The number of nitrogens with zero attached hydrogens (tertiary/aromatic N) is 3. The predicted octanol–water partition coefficient (Wildman–Crippen LogP) is 4.20. The largest absolute Gasteiger partial charge is 0.497 e. The maximum atomic E-state index is 11.8. The Balaban J connectivity index is 1.83. The highest BCUT2D eigenvalue weighted by Gasteiger charge is 2.16. The molecule has 1 heterocycles. The van der Waals surface area contributed by atoms with Crippen molar-refractivity contribution in [2.75, 3.05) is 24.8 Å². The molecule has 0 aliphatic heterocycles. The van der Waals surface area contributed by atoms with Gasteiger partial charge in [-0.15, -0.1) is 10.2 Å². The van der Waals surface area contributed by atoms with Gasteiger partial charge in [-0.25, -0.2) is 0 Å². The van der Waals surface area contributed by atoms with Crippen LogP contribution in [-0.2, 0) is 16.1 Å². The normalized spacial score (nSPS) is 10.6. The Hall–Kier alpha value is -2.71. The summed E-state index contributed by atoms with van der Waals surface area (Å²) in [6.07, 6.45) is 0. The molecule has 1 aromatic heterocycles. The summed E-state index contributed by atoms with van der Waals surface area (Å²) < 4.78 is 12.2. The van der Waals surface area contributed by atoms with Gasteiger partial charge in [0.25, 0.3) is 0 Å². The van der Waals surface area contributed by atoms with Crippen LogP contribution < -0.4 is 10.1 Å². The molecule has 2 aromatic carbocycles. The molecule has 0 spiro atoms. The second-order valence-electron chi connectivity index (χ2n) is 5.89. The Morgan fingerprint density at radius 1 is 1.14 bits per heavy atom. The molecule has 7 nitrogen and oxygen atoms in total. The van der Waals surface area contributed by atoms with E-state index < -0.39 is 0 Å². The van der Waals surface area contributed by atoms with Crippen molar-refractivity contribution in [3.8, 4) is 11.4 Å². The molecule has 0 bridgehead atoms. The van der Waals surface area contributed by atoms with Crippen LogP contribution in [0.5, 0.6) is 5.75 Å². The summed E-state index contributed by atoms with van der Waals surface area (Å²) in [6.45, 7) is 2.57. The number of aromatic nitrogens is 3. The first-order chi connectivity index (χ1) is 14.1. The first-order valence-corrected chi connectivity index (χ1v) is 10.3. The zero-order valence-electron chi connectivity index (χ0n) is 16.1. The Kier molecular flexibility index (Phi) is 7.37. The number of carbonyl (C=O) groups excluding carboxylic acids is 1. The molecule has 0 amide bonds. The summed E-state index contributed by atoms with van der Waals surface area (Å²) >= 11 is 7.22. The fourth-order valence-corrected chi connectivity index (χ4v) is 3.47. The van der Waals surface area contributed by atoms with Crippen molar-refractivity contribution < 1.29 is 14.3 Å². The highest BCUT2D eigenvalue weighted by molar-refractivity contribution is 7.99. The second kappa shape index (κ2) is 10.2. The summed E-state index contributed by atoms with van der Waals surface area (Å²) in [6, 6.07) is 15.0. The van der Waals surface area contributed by atoms with Gasteiger partial charge in [-0.2, -0.15) is 0 Å². The van der Waals surface area contributed by atoms with Gasteiger partial charge in [0.05, 0.1) is 26.0 Å². The fourth-order valence-electron chi connectivity index (χ4n) is 2.57. The molecule has 0 radical (unpaired) electrons. The van der Waals surface area contributed by atoms with Crippen LogP contribution in [0.2, 0.25) is 5.02 Å². The molecule has 1 N–H and O–H groups in total. The number of halogens is 1. The van der Waals surface area contributed by atoms with Crippen LogP contribution in [-0.4, -0.2) is 40.2 Å².